The molecule has 0 aliphatic carbocycles. The van der Waals surface area contributed by atoms with Crippen molar-refractivity contribution in [3.63, 3.8) is 0 Å². The summed E-state index contributed by atoms with van der Waals surface area (Å²) < 4.78 is 17.5. The van der Waals surface area contributed by atoms with Crippen LogP contribution in [0, 0.1) is 17.7 Å². The number of benzene rings is 1. The minimum Gasteiger partial charge on any atom is -0.356 e. The van der Waals surface area contributed by atoms with E-state index in [0.717, 1.165) is 48.9 Å². The summed E-state index contributed by atoms with van der Waals surface area (Å²) in [4.78, 5) is 19.2. The third-order valence-corrected chi connectivity index (χ3v) is 5.63. The minimum atomic E-state index is -0.239. The molecule has 1 saturated heterocycles. The molecular weight excluding hydrogens is 363 g/mol. The molecule has 0 bridgehead atoms. The second-order valence-corrected chi connectivity index (χ2v) is 8.29. The third kappa shape index (κ3) is 5.73. The van der Waals surface area contributed by atoms with E-state index in [1.165, 1.54) is 23.7 Å². The van der Waals surface area contributed by atoms with Crippen molar-refractivity contribution < 1.29 is 9.18 Å². The van der Waals surface area contributed by atoms with E-state index in [4.69, 9.17) is 0 Å². The quantitative estimate of drug-likeness (QED) is 0.784. The first-order valence-electron chi connectivity index (χ1n) is 9.61. The number of anilines is 1. The Bertz CT molecular complexity index is 747. The maximum Gasteiger partial charge on any atom is 0.224 e. The molecule has 0 saturated carbocycles. The average molecular weight is 391 g/mol. The molecule has 1 atom stereocenters. The SMILES string of the molecule is CC(C)CCNC(=O)[C@@H]1CCCN(c2nc(Cc3ccc(F)cc3)ns2)C1. The van der Waals surface area contributed by atoms with E-state index in [9.17, 15) is 9.18 Å². The van der Waals surface area contributed by atoms with Gasteiger partial charge < -0.3 is 10.2 Å². The van der Waals surface area contributed by atoms with E-state index < -0.39 is 0 Å². The van der Waals surface area contributed by atoms with Crippen LogP contribution in [0.15, 0.2) is 24.3 Å². The predicted molar refractivity (Wildman–Crippen MR) is 107 cm³/mol. The van der Waals surface area contributed by atoms with Crippen LogP contribution in [0.25, 0.3) is 0 Å². The van der Waals surface area contributed by atoms with Crippen molar-refractivity contribution in [2.75, 3.05) is 24.5 Å². The molecule has 1 aliphatic heterocycles. The second kappa shape index (κ2) is 9.26. The molecule has 0 spiro atoms. The van der Waals surface area contributed by atoms with E-state index in [2.05, 4.69) is 33.4 Å². The summed E-state index contributed by atoms with van der Waals surface area (Å²) >= 11 is 1.37. The molecule has 5 nitrogen and oxygen atoms in total. The lowest BCUT2D eigenvalue weighted by Gasteiger charge is -2.31. The first kappa shape index (κ1) is 19.7. The molecule has 1 aromatic carbocycles. The van der Waals surface area contributed by atoms with Crippen LogP contribution in [0.4, 0.5) is 9.52 Å². The molecule has 0 unspecified atom stereocenters. The highest BCUT2D eigenvalue weighted by atomic mass is 32.1. The number of rotatable bonds is 7. The molecule has 2 aromatic rings. The van der Waals surface area contributed by atoms with Gasteiger partial charge in [-0.25, -0.2) is 9.37 Å². The molecule has 1 aromatic heterocycles. The summed E-state index contributed by atoms with van der Waals surface area (Å²) in [6, 6.07) is 6.43. The largest absolute Gasteiger partial charge is 0.356 e. The predicted octanol–water partition coefficient (Wildman–Crippen LogP) is 3.65. The Kier molecular flexibility index (Phi) is 6.77. The van der Waals surface area contributed by atoms with Gasteiger partial charge in [0.2, 0.25) is 11.0 Å². The molecule has 3 rings (SSSR count). The Hall–Kier alpha value is -2.02. The zero-order valence-corrected chi connectivity index (χ0v) is 16.8. The van der Waals surface area contributed by atoms with Crippen LogP contribution >= 0.6 is 11.5 Å². The van der Waals surface area contributed by atoms with Crippen molar-refractivity contribution in [1.82, 2.24) is 14.7 Å². The summed E-state index contributed by atoms with van der Waals surface area (Å²) in [5, 5.41) is 3.94. The molecule has 2 heterocycles. The van der Waals surface area contributed by atoms with Crippen molar-refractivity contribution in [3.05, 3.63) is 41.5 Å². The number of aromatic nitrogens is 2. The first-order valence-corrected chi connectivity index (χ1v) is 10.4. The Morgan fingerprint density at radius 1 is 1.37 bits per heavy atom. The van der Waals surface area contributed by atoms with Gasteiger partial charge in [0.25, 0.3) is 0 Å². The number of hydrogen-bond acceptors (Lipinski definition) is 5. The second-order valence-electron chi connectivity index (χ2n) is 7.56. The number of amides is 1. The molecule has 146 valence electrons. The fraction of sp³-hybridized carbons (Fsp3) is 0.550. The van der Waals surface area contributed by atoms with E-state index in [1.807, 2.05) is 0 Å². The highest BCUT2D eigenvalue weighted by molar-refractivity contribution is 7.09. The fourth-order valence-electron chi connectivity index (χ4n) is 3.22. The lowest BCUT2D eigenvalue weighted by Crippen LogP contribution is -2.43. The molecule has 1 amide bonds. The zero-order valence-electron chi connectivity index (χ0n) is 15.9. The summed E-state index contributed by atoms with van der Waals surface area (Å²) in [5.41, 5.74) is 0.988. The molecule has 1 fully saturated rings. The van der Waals surface area contributed by atoms with Gasteiger partial charge in [-0.2, -0.15) is 4.37 Å². The van der Waals surface area contributed by atoms with Gasteiger partial charge in [-0.3, -0.25) is 4.79 Å². The van der Waals surface area contributed by atoms with Gasteiger partial charge in [0, 0.05) is 37.6 Å². The minimum absolute atomic E-state index is 0.00959. The molecule has 27 heavy (non-hydrogen) atoms. The fourth-order valence-corrected chi connectivity index (χ4v) is 3.94. The van der Waals surface area contributed by atoms with Gasteiger partial charge in [0.1, 0.15) is 11.6 Å². The van der Waals surface area contributed by atoms with E-state index >= 15 is 0 Å². The Balaban J connectivity index is 1.55. The van der Waals surface area contributed by atoms with Crippen molar-refractivity contribution in [1.29, 1.82) is 0 Å². The van der Waals surface area contributed by atoms with Gasteiger partial charge in [-0.15, -0.1) is 0 Å². The van der Waals surface area contributed by atoms with Gasteiger partial charge in [-0.05, 0) is 42.9 Å². The first-order chi connectivity index (χ1) is 13.0. The van der Waals surface area contributed by atoms with Crippen LogP contribution in [0.1, 0.15) is 44.5 Å². The van der Waals surface area contributed by atoms with Crippen molar-refractivity contribution in [3.8, 4) is 0 Å². The van der Waals surface area contributed by atoms with Crippen LogP contribution in [-0.2, 0) is 11.2 Å². The van der Waals surface area contributed by atoms with Gasteiger partial charge in [-0.1, -0.05) is 26.0 Å². The lowest BCUT2D eigenvalue weighted by molar-refractivity contribution is -0.125. The highest BCUT2D eigenvalue weighted by Gasteiger charge is 2.27. The number of piperidine rings is 1. The van der Waals surface area contributed by atoms with Crippen LogP contribution in [0.3, 0.4) is 0 Å². The van der Waals surface area contributed by atoms with E-state index in [1.54, 1.807) is 12.1 Å². The zero-order chi connectivity index (χ0) is 19.2. The lowest BCUT2D eigenvalue weighted by atomic mass is 9.97. The van der Waals surface area contributed by atoms with Gasteiger partial charge in [0.15, 0.2) is 0 Å². The van der Waals surface area contributed by atoms with E-state index in [-0.39, 0.29) is 17.6 Å². The number of nitrogens with zero attached hydrogens (tertiary/aromatic N) is 3. The molecule has 0 radical (unpaired) electrons. The Labute approximate surface area is 164 Å². The number of carbonyl (C=O) groups excluding carboxylic acids is 1. The van der Waals surface area contributed by atoms with Crippen LogP contribution < -0.4 is 10.2 Å². The Morgan fingerprint density at radius 2 is 2.15 bits per heavy atom. The molecular formula is C20H27FN4OS. The summed E-state index contributed by atoms with van der Waals surface area (Å²) in [7, 11) is 0. The number of nitrogens with one attached hydrogen (secondary N) is 1. The number of halogens is 1. The van der Waals surface area contributed by atoms with Crippen molar-refractivity contribution in [2.24, 2.45) is 11.8 Å². The normalized spacial score (nSPS) is 17.3. The molecule has 1 N–H and O–H groups in total. The van der Waals surface area contributed by atoms with Gasteiger partial charge in [0.05, 0.1) is 5.92 Å². The topological polar surface area (TPSA) is 58.1 Å². The molecule has 7 heteroatoms. The summed E-state index contributed by atoms with van der Waals surface area (Å²) in [6.07, 6.45) is 3.50. The summed E-state index contributed by atoms with van der Waals surface area (Å²) in [5.74, 6) is 1.25. The van der Waals surface area contributed by atoms with Crippen molar-refractivity contribution in [2.45, 2.75) is 39.5 Å². The van der Waals surface area contributed by atoms with Crippen LogP contribution in [-0.4, -0.2) is 34.9 Å². The van der Waals surface area contributed by atoms with Crippen molar-refractivity contribution >= 4 is 22.6 Å². The monoisotopic (exact) mass is 390 g/mol. The Morgan fingerprint density at radius 3 is 2.89 bits per heavy atom. The maximum absolute atomic E-state index is 13.0. The van der Waals surface area contributed by atoms with Crippen LogP contribution in [0.2, 0.25) is 0 Å². The third-order valence-electron chi connectivity index (χ3n) is 4.82. The van der Waals surface area contributed by atoms with Crippen LogP contribution in [0.5, 0.6) is 0 Å². The maximum atomic E-state index is 13.0. The highest BCUT2D eigenvalue weighted by Crippen LogP contribution is 2.25. The standard InChI is InChI=1S/C20H27FN4OS/c1-14(2)9-10-22-19(26)16-4-3-11-25(13-16)20-23-18(24-27-20)12-15-5-7-17(21)8-6-15/h5-8,14,16H,3-4,9-13H2,1-2H3,(H,22,26)/t16-/m1/s1. The summed E-state index contributed by atoms with van der Waals surface area (Å²) in [6.45, 7) is 6.66. The smallest absolute Gasteiger partial charge is 0.224 e. The average Bonchev–Trinajstić information content (AvgIpc) is 3.12. The number of hydrogen-bond donors (Lipinski definition) is 1. The molecule has 1 aliphatic rings. The van der Waals surface area contributed by atoms with Gasteiger partial charge >= 0.3 is 0 Å². The van der Waals surface area contributed by atoms with E-state index in [0.29, 0.717) is 18.9 Å². The number of carbonyl (C=O) groups is 1.